The van der Waals surface area contributed by atoms with E-state index < -0.39 is 0 Å². The molecular weight excluding hydrogens is 238 g/mol. The number of piperidine rings is 1. The first-order chi connectivity index (χ1) is 9.28. The maximum Gasteiger partial charge on any atom is 0.151 e. The molecule has 1 aliphatic heterocycles. The monoisotopic (exact) mass is 257 g/mol. The molecule has 100 valence electrons. The Bertz CT molecular complexity index is 590. The van der Waals surface area contributed by atoms with E-state index >= 15 is 0 Å². The lowest BCUT2D eigenvalue weighted by Gasteiger charge is -2.32. The summed E-state index contributed by atoms with van der Waals surface area (Å²) in [5.41, 5.74) is 1.75. The topological polar surface area (TPSA) is 37.6 Å². The Labute approximate surface area is 113 Å². The highest BCUT2D eigenvalue weighted by Crippen LogP contribution is 2.19. The van der Waals surface area contributed by atoms with Crippen molar-refractivity contribution in [1.29, 1.82) is 0 Å². The molecule has 0 radical (unpaired) electrons. The molecule has 3 rings (SSSR count). The van der Waals surface area contributed by atoms with Gasteiger partial charge in [-0.1, -0.05) is 6.42 Å². The minimum absolute atomic E-state index is 0.569. The van der Waals surface area contributed by atoms with Crippen molar-refractivity contribution >= 4 is 11.8 Å². The number of hydrogen-bond donors (Lipinski definition) is 0. The number of hydrogen-bond acceptors (Lipinski definition) is 3. The van der Waals surface area contributed by atoms with Gasteiger partial charge in [0.25, 0.3) is 0 Å². The van der Waals surface area contributed by atoms with Crippen LogP contribution in [0.2, 0.25) is 0 Å². The summed E-state index contributed by atoms with van der Waals surface area (Å²) in [5, 5.41) is 0. The summed E-state index contributed by atoms with van der Waals surface area (Å²) in [7, 11) is 2.19. The van der Waals surface area contributed by atoms with Crippen LogP contribution in [0.5, 0.6) is 0 Å². The summed E-state index contributed by atoms with van der Waals surface area (Å²) in [6.45, 7) is 1.17. The highest BCUT2D eigenvalue weighted by molar-refractivity contribution is 5.75. The zero-order valence-electron chi connectivity index (χ0n) is 11.2. The van der Waals surface area contributed by atoms with Gasteiger partial charge in [-0.3, -0.25) is 4.79 Å². The number of imidazole rings is 1. The van der Waals surface area contributed by atoms with E-state index in [1.807, 2.05) is 28.9 Å². The molecule has 0 aliphatic carbocycles. The van der Waals surface area contributed by atoms with E-state index in [1.54, 1.807) is 0 Å². The Kier molecular flexibility index (Phi) is 3.34. The van der Waals surface area contributed by atoms with Gasteiger partial charge in [0.05, 0.1) is 11.7 Å². The molecule has 1 atom stereocenters. The van der Waals surface area contributed by atoms with Crippen LogP contribution in [-0.2, 0) is 6.42 Å². The summed E-state index contributed by atoms with van der Waals surface area (Å²) in [6, 6.07) is 4.35. The number of pyridine rings is 1. The molecule has 0 saturated carbocycles. The summed E-state index contributed by atoms with van der Waals surface area (Å²) in [6.07, 6.45) is 9.43. The van der Waals surface area contributed by atoms with Crippen LogP contribution in [0.3, 0.4) is 0 Å². The third-order valence-electron chi connectivity index (χ3n) is 4.10. The number of fused-ring (bicyclic) bond motifs is 1. The zero-order chi connectivity index (χ0) is 13.2. The standard InChI is InChI=1S/C15H19N3O/c1-17-7-3-2-4-13(17)8-15-16-9-14-6-5-12(11-19)10-18(14)15/h5-6,9-11,13H,2-4,7-8H2,1H3. The van der Waals surface area contributed by atoms with Crippen molar-refractivity contribution in [2.45, 2.75) is 31.7 Å². The first-order valence-electron chi connectivity index (χ1n) is 6.89. The molecule has 4 heteroatoms. The molecule has 1 saturated heterocycles. The van der Waals surface area contributed by atoms with Crippen LogP contribution in [0.25, 0.3) is 5.52 Å². The van der Waals surface area contributed by atoms with Crippen LogP contribution < -0.4 is 0 Å². The molecule has 0 amide bonds. The molecule has 1 unspecified atom stereocenters. The molecule has 0 N–H and O–H groups in total. The third-order valence-corrected chi connectivity index (χ3v) is 4.10. The Morgan fingerprint density at radius 1 is 1.42 bits per heavy atom. The predicted molar refractivity (Wildman–Crippen MR) is 74.6 cm³/mol. The van der Waals surface area contributed by atoms with Gasteiger partial charge in [-0.2, -0.15) is 0 Å². The molecule has 0 aromatic carbocycles. The maximum absolute atomic E-state index is 10.9. The number of aldehydes is 1. The largest absolute Gasteiger partial charge is 0.303 e. The lowest BCUT2D eigenvalue weighted by Crippen LogP contribution is -2.38. The third kappa shape index (κ3) is 2.40. The number of carbonyl (C=O) groups excluding carboxylic acids is 1. The number of aromatic nitrogens is 2. The van der Waals surface area contributed by atoms with Crippen molar-refractivity contribution < 1.29 is 4.79 Å². The van der Waals surface area contributed by atoms with Gasteiger partial charge in [-0.25, -0.2) is 4.98 Å². The zero-order valence-corrected chi connectivity index (χ0v) is 11.2. The van der Waals surface area contributed by atoms with Crippen LogP contribution in [-0.4, -0.2) is 40.2 Å². The summed E-state index contributed by atoms with van der Waals surface area (Å²) >= 11 is 0. The number of likely N-dealkylation sites (tertiary alicyclic amines) is 1. The molecule has 0 spiro atoms. The predicted octanol–water partition coefficient (Wildman–Crippen LogP) is 2.17. The van der Waals surface area contributed by atoms with Crippen molar-refractivity contribution in [3.63, 3.8) is 0 Å². The van der Waals surface area contributed by atoms with Gasteiger partial charge in [-0.05, 0) is 38.6 Å². The smallest absolute Gasteiger partial charge is 0.151 e. The highest BCUT2D eigenvalue weighted by atomic mass is 16.1. The minimum Gasteiger partial charge on any atom is -0.303 e. The summed E-state index contributed by atoms with van der Waals surface area (Å²) < 4.78 is 2.05. The fourth-order valence-corrected chi connectivity index (χ4v) is 2.89. The minimum atomic E-state index is 0.569. The Morgan fingerprint density at radius 3 is 3.11 bits per heavy atom. The van der Waals surface area contributed by atoms with Gasteiger partial charge in [0.2, 0.25) is 0 Å². The Morgan fingerprint density at radius 2 is 2.32 bits per heavy atom. The molecule has 4 nitrogen and oxygen atoms in total. The fourth-order valence-electron chi connectivity index (χ4n) is 2.89. The molecular formula is C15H19N3O. The van der Waals surface area contributed by atoms with Crippen LogP contribution in [0.15, 0.2) is 24.5 Å². The van der Waals surface area contributed by atoms with E-state index in [4.69, 9.17) is 0 Å². The van der Waals surface area contributed by atoms with Gasteiger partial charge >= 0.3 is 0 Å². The van der Waals surface area contributed by atoms with E-state index in [0.29, 0.717) is 11.6 Å². The van der Waals surface area contributed by atoms with E-state index in [1.165, 1.54) is 25.8 Å². The van der Waals surface area contributed by atoms with Crippen molar-refractivity contribution in [3.05, 3.63) is 35.9 Å². The van der Waals surface area contributed by atoms with Crippen molar-refractivity contribution in [1.82, 2.24) is 14.3 Å². The van der Waals surface area contributed by atoms with Gasteiger partial charge in [-0.15, -0.1) is 0 Å². The van der Waals surface area contributed by atoms with E-state index in [2.05, 4.69) is 16.9 Å². The molecule has 2 aromatic heterocycles. The van der Waals surface area contributed by atoms with Gasteiger partial charge < -0.3 is 9.30 Å². The Hall–Kier alpha value is -1.68. The van der Waals surface area contributed by atoms with Crippen LogP contribution in [0, 0.1) is 0 Å². The fraction of sp³-hybridized carbons (Fsp3) is 0.467. The summed E-state index contributed by atoms with van der Waals surface area (Å²) in [4.78, 5) is 17.8. The molecule has 3 heterocycles. The van der Waals surface area contributed by atoms with E-state index in [-0.39, 0.29) is 0 Å². The van der Waals surface area contributed by atoms with Gasteiger partial charge in [0.15, 0.2) is 6.29 Å². The first kappa shape index (κ1) is 12.4. The number of likely N-dealkylation sites (N-methyl/N-ethyl adjacent to an activating group) is 1. The Balaban J connectivity index is 1.89. The van der Waals surface area contributed by atoms with Crippen LogP contribution in [0.4, 0.5) is 0 Å². The van der Waals surface area contributed by atoms with Crippen molar-refractivity contribution in [2.75, 3.05) is 13.6 Å². The normalized spacial score (nSPS) is 20.8. The second-order valence-electron chi connectivity index (χ2n) is 5.38. The lowest BCUT2D eigenvalue weighted by atomic mass is 10.00. The quantitative estimate of drug-likeness (QED) is 0.791. The molecule has 19 heavy (non-hydrogen) atoms. The second kappa shape index (κ2) is 5.13. The molecule has 0 bridgehead atoms. The van der Waals surface area contributed by atoms with Crippen LogP contribution >= 0.6 is 0 Å². The van der Waals surface area contributed by atoms with E-state index in [9.17, 15) is 4.79 Å². The average molecular weight is 257 g/mol. The highest BCUT2D eigenvalue weighted by Gasteiger charge is 2.20. The maximum atomic E-state index is 10.9. The first-order valence-corrected chi connectivity index (χ1v) is 6.89. The van der Waals surface area contributed by atoms with E-state index in [0.717, 1.165) is 24.0 Å². The molecule has 1 aliphatic rings. The number of nitrogens with zero attached hydrogens (tertiary/aromatic N) is 3. The van der Waals surface area contributed by atoms with Crippen LogP contribution in [0.1, 0.15) is 35.4 Å². The second-order valence-corrected chi connectivity index (χ2v) is 5.38. The molecule has 1 fully saturated rings. The summed E-state index contributed by atoms with van der Waals surface area (Å²) in [5.74, 6) is 1.05. The van der Waals surface area contributed by atoms with Crippen molar-refractivity contribution in [3.8, 4) is 0 Å². The SMILES string of the molecule is CN1CCCCC1Cc1ncc2ccc(C=O)cn12. The molecule has 2 aromatic rings. The van der Waals surface area contributed by atoms with Crippen molar-refractivity contribution in [2.24, 2.45) is 0 Å². The lowest BCUT2D eigenvalue weighted by molar-refractivity contribution is 0.112. The van der Waals surface area contributed by atoms with Gasteiger partial charge in [0.1, 0.15) is 5.82 Å². The number of carbonyl (C=O) groups is 1. The van der Waals surface area contributed by atoms with Gasteiger partial charge in [0, 0.05) is 24.2 Å². The average Bonchev–Trinajstić information content (AvgIpc) is 2.84. The number of rotatable bonds is 3.